The minimum Gasteiger partial charge on any atom is -0.478 e. The molecule has 1 fully saturated rings. The van der Waals surface area contributed by atoms with Crippen LogP contribution in [0, 0.1) is 6.92 Å². The molecule has 0 saturated heterocycles. The Hall–Kier alpha value is -2.24. The van der Waals surface area contributed by atoms with Crippen LogP contribution in [0.1, 0.15) is 59.8 Å². The van der Waals surface area contributed by atoms with Gasteiger partial charge in [0.15, 0.2) is 5.82 Å². The lowest BCUT2D eigenvalue weighted by Crippen LogP contribution is -2.13. The second-order valence-electron chi connectivity index (χ2n) is 5.59. The van der Waals surface area contributed by atoms with Gasteiger partial charge in [-0.1, -0.05) is 25.3 Å². The Morgan fingerprint density at radius 3 is 2.76 bits per heavy atom. The summed E-state index contributed by atoms with van der Waals surface area (Å²) in [4.78, 5) is 11.2. The molecule has 1 aliphatic rings. The maximum atomic E-state index is 11.2. The van der Waals surface area contributed by atoms with Gasteiger partial charge in [-0.3, -0.25) is 0 Å². The molecule has 1 saturated carbocycles. The highest BCUT2D eigenvalue weighted by Crippen LogP contribution is 2.32. The Morgan fingerprint density at radius 2 is 2.05 bits per heavy atom. The second kappa shape index (κ2) is 5.63. The van der Waals surface area contributed by atoms with E-state index >= 15 is 0 Å². The van der Waals surface area contributed by atoms with Crippen molar-refractivity contribution in [2.45, 2.75) is 44.9 Å². The van der Waals surface area contributed by atoms with E-state index in [-0.39, 0.29) is 5.56 Å². The van der Waals surface area contributed by atoms with Gasteiger partial charge in [-0.25, -0.2) is 4.79 Å². The lowest BCUT2D eigenvalue weighted by atomic mass is 9.88. The molecule has 0 spiro atoms. The number of aryl methyl sites for hydroxylation is 1. The number of carboxylic acids is 1. The van der Waals surface area contributed by atoms with Crippen LogP contribution in [0.2, 0.25) is 0 Å². The van der Waals surface area contributed by atoms with Crippen molar-refractivity contribution in [2.24, 2.45) is 0 Å². The number of aromatic carboxylic acids is 1. The van der Waals surface area contributed by atoms with Gasteiger partial charge in [0.2, 0.25) is 0 Å². The first-order valence-electron chi connectivity index (χ1n) is 7.29. The normalized spacial score (nSPS) is 16.0. The van der Waals surface area contributed by atoms with Crippen LogP contribution in [0.4, 0.5) is 0 Å². The Kier molecular flexibility index (Phi) is 3.68. The molecule has 1 heterocycles. The predicted molar refractivity (Wildman–Crippen MR) is 76.7 cm³/mol. The number of carbonyl (C=O) groups is 1. The van der Waals surface area contributed by atoms with Crippen molar-refractivity contribution in [3.8, 4) is 5.69 Å². The standard InChI is InChI=1S/C15H18N4O2/c1-10-7-8-12(15(20)21)9-13(10)19-14(16-17-18-19)11-5-3-2-4-6-11/h7-9,11H,2-6H2,1H3,(H,20,21). The molecule has 1 N–H and O–H groups in total. The Bertz CT molecular complexity index is 659. The number of benzene rings is 1. The van der Waals surface area contributed by atoms with Crippen molar-refractivity contribution in [3.05, 3.63) is 35.2 Å². The number of rotatable bonds is 3. The average molecular weight is 286 g/mol. The Labute approximate surface area is 122 Å². The fraction of sp³-hybridized carbons (Fsp3) is 0.467. The van der Waals surface area contributed by atoms with Crippen molar-refractivity contribution < 1.29 is 9.90 Å². The molecule has 0 amide bonds. The van der Waals surface area contributed by atoms with Crippen LogP contribution in [-0.4, -0.2) is 31.3 Å². The topological polar surface area (TPSA) is 80.9 Å². The minimum atomic E-state index is -0.941. The molecule has 3 rings (SSSR count). The summed E-state index contributed by atoms with van der Waals surface area (Å²) in [6, 6.07) is 5.04. The van der Waals surface area contributed by atoms with Crippen molar-refractivity contribution in [3.63, 3.8) is 0 Å². The van der Waals surface area contributed by atoms with E-state index in [0.717, 1.165) is 29.9 Å². The van der Waals surface area contributed by atoms with Crippen LogP contribution in [0.15, 0.2) is 18.2 Å². The van der Waals surface area contributed by atoms with Crippen molar-refractivity contribution in [1.29, 1.82) is 0 Å². The van der Waals surface area contributed by atoms with Gasteiger partial charge in [0.25, 0.3) is 0 Å². The lowest BCUT2D eigenvalue weighted by Gasteiger charge is -2.21. The highest BCUT2D eigenvalue weighted by Gasteiger charge is 2.23. The number of hydrogen-bond acceptors (Lipinski definition) is 4. The Morgan fingerprint density at radius 1 is 1.29 bits per heavy atom. The fourth-order valence-corrected chi connectivity index (χ4v) is 2.95. The van der Waals surface area contributed by atoms with Crippen LogP contribution in [0.5, 0.6) is 0 Å². The molecule has 1 aliphatic carbocycles. The first kappa shape index (κ1) is 13.7. The molecule has 21 heavy (non-hydrogen) atoms. The number of tetrazole rings is 1. The van der Waals surface area contributed by atoms with E-state index < -0.39 is 5.97 Å². The minimum absolute atomic E-state index is 0.251. The van der Waals surface area contributed by atoms with E-state index in [1.807, 2.05) is 6.92 Å². The molecule has 2 aromatic rings. The molecule has 6 nitrogen and oxygen atoms in total. The third-order valence-corrected chi connectivity index (χ3v) is 4.15. The SMILES string of the molecule is Cc1ccc(C(=O)O)cc1-n1nnnc1C1CCCCC1. The summed E-state index contributed by atoms with van der Waals surface area (Å²) in [6.45, 7) is 1.94. The molecule has 0 radical (unpaired) electrons. The van der Waals surface area contributed by atoms with Gasteiger partial charge in [0.1, 0.15) is 0 Å². The van der Waals surface area contributed by atoms with E-state index in [1.54, 1.807) is 22.9 Å². The highest BCUT2D eigenvalue weighted by molar-refractivity contribution is 5.88. The van der Waals surface area contributed by atoms with Gasteiger partial charge in [-0.2, -0.15) is 4.68 Å². The van der Waals surface area contributed by atoms with Crippen molar-refractivity contribution in [1.82, 2.24) is 20.2 Å². The summed E-state index contributed by atoms with van der Waals surface area (Å²) in [7, 11) is 0. The predicted octanol–water partition coefficient (Wildman–Crippen LogP) is 2.72. The summed E-state index contributed by atoms with van der Waals surface area (Å²) in [5, 5.41) is 21.2. The van der Waals surface area contributed by atoms with E-state index in [1.165, 1.54) is 19.3 Å². The van der Waals surface area contributed by atoms with Gasteiger partial charge in [0.05, 0.1) is 11.3 Å². The van der Waals surface area contributed by atoms with Gasteiger partial charge in [-0.05, 0) is 47.9 Å². The van der Waals surface area contributed by atoms with E-state index in [2.05, 4.69) is 15.5 Å². The highest BCUT2D eigenvalue weighted by atomic mass is 16.4. The Balaban J connectivity index is 2.03. The molecule has 6 heteroatoms. The maximum Gasteiger partial charge on any atom is 0.335 e. The van der Waals surface area contributed by atoms with Crippen molar-refractivity contribution >= 4 is 5.97 Å². The first-order chi connectivity index (χ1) is 10.2. The van der Waals surface area contributed by atoms with Crippen LogP contribution in [0.3, 0.4) is 0 Å². The van der Waals surface area contributed by atoms with Gasteiger partial charge >= 0.3 is 5.97 Å². The molecule has 1 aromatic heterocycles. The van der Waals surface area contributed by atoms with Crippen LogP contribution >= 0.6 is 0 Å². The van der Waals surface area contributed by atoms with E-state index in [4.69, 9.17) is 5.11 Å². The smallest absolute Gasteiger partial charge is 0.335 e. The zero-order valence-corrected chi connectivity index (χ0v) is 12.0. The van der Waals surface area contributed by atoms with Crippen LogP contribution in [-0.2, 0) is 0 Å². The lowest BCUT2D eigenvalue weighted by molar-refractivity contribution is 0.0697. The van der Waals surface area contributed by atoms with E-state index in [9.17, 15) is 4.79 Å². The third-order valence-electron chi connectivity index (χ3n) is 4.15. The van der Waals surface area contributed by atoms with Crippen LogP contribution in [0.25, 0.3) is 5.69 Å². The molecule has 110 valence electrons. The second-order valence-corrected chi connectivity index (χ2v) is 5.59. The molecule has 0 unspecified atom stereocenters. The maximum absolute atomic E-state index is 11.2. The fourth-order valence-electron chi connectivity index (χ4n) is 2.95. The van der Waals surface area contributed by atoms with Gasteiger partial charge in [0, 0.05) is 5.92 Å². The summed E-state index contributed by atoms with van der Waals surface area (Å²) in [6.07, 6.45) is 5.86. The number of hydrogen-bond donors (Lipinski definition) is 1. The molecule has 0 aliphatic heterocycles. The summed E-state index contributed by atoms with van der Waals surface area (Å²) in [5.41, 5.74) is 1.96. The molecule has 1 aromatic carbocycles. The molecule has 0 atom stereocenters. The third kappa shape index (κ3) is 2.66. The van der Waals surface area contributed by atoms with Crippen LogP contribution < -0.4 is 0 Å². The van der Waals surface area contributed by atoms with Crippen molar-refractivity contribution in [2.75, 3.05) is 0 Å². The number of carboxylic acid groups (broad SMARTS) is 1. The quantitative estimate of drug-likeness (QED) is 0.938. The average Bonchev–Trinajstić information content (AvgIpc) is 2.97. The van der Waals surface area contributed by atoms with Gasteiger partial charge in [-0.15, -0.1) is 5.10 Å². The zero-order valence-electron chi connectivity index (χ0n) is 12.0. The summed E-state index contributed by atoms with van der Waals surface area (Å²) >= 11 is 0. The number of nitrogens with zero attached hydrogens (tertiary/aromatic N) is 4. The summed E-state index contributed by atoms with van der Waals surface area (Å²) in [5.74, 6) is 0.269. The molecular formula is C15H18N4O2. The first-order valence-corrected chi connectivity index (χ1v) is 7.29. The van der Waals surface area contributed by atoms with Gasteiger partial charge < -0.3 is 5.11 Å². The summed E-state index contributed by atoms with van der Waals surface area (Å²) < 4.78 is 1.71. The molecule has 0 bridgehead atoms. The zero-order chi connectivity index (χ0) is 14.8. The number of aromatic nitrogens is 4. The van der Waals surface area contributed by atoms with E-state index in [0.29, 0.717) is 5.92 Å². The molecular weight excluding hydrogens is 268 g/mol. The monoisotopic (exact) mass is 286 g/mol. The largest absolute Gasteiger partial charge is 0.478 e.